The predicted molar refractivity (Wildman–Crippen MR) is 87.0 cm³/mol. The summed E-state index contributed by atoms with van der Waals surface area (Å²) in [6.07, 6.45) is 0. The molecule has 0 saturated carbocycles. The molecule has 2 rings (SSSR count). The SMILES string of the molecule is COc1ccc(C(C(=O)Nc2cc(C)on2)C(C)C)cc1OC. The van der Waals surface area contributed by atoms with Crippen molar-refractivity contribution < 1.29 is 18.8 Å². The number of amides is 1. The van der Waals surface area contributed by atoms with Crippen LogP contribution in [-0.4, -0.2) is 25.3 Å². The summed E-state index contributed by atoms with van der Waals surface area (Å²) < 4.78 is 15.5. The largest absolute Gasteiger partial charge is 0.493 e. The Kier molecular flexibility index (Phi) is 5.26. The fraction of sp³-hybridized carbons (Fsp3) is 0.412. The molecule has 2 aromatic rings. The maximum atomic E-state index is 12.7. The van der Waals surface area contributed by atoms with Gasteiger partial charge in [0.1, 0.15) is 5.76 Å². The number of aryl methyl sites for hydroxylation is 1. The van der Waals surface area contributed by atoms with Crippen molar-refractivity contribution in [3.63, 3.8) is 0 Å². The van der Waals surface area contributed by atoms with E-state index in [1.165, 1.54) is 0 Å². The standard InChI is InChI=1S/C17H22N2O4/c1-10(2)16(17(20)18-15-8-11(3)23-19-15)12-6-7-13(21-4)14(9-12)22-5/h6-10,16H,1-5H3,(H,18,19,20). The van der Waals surface area contributed by atoms with E-state index in [-0.39, 0.29) is 17.7 Å². The topological polar surface area (TPSA) is 73.6 Å². The number of methoxy groups -OCH3 is 2. The summed E-state index contributed by atoms with van der Waals surface area (Å²) >= 11 is 0. The van der Waals surface area contributed by atoms with Gasteiger partial charge in [-0.25, -0.2) is 0 Å². The minimum atomic E-state index is -0.341. The van der Waals surface area contributed by atoms with Crippen molar-refractivity contribution >= 4 is 11.7 Å². The first kappa shape index (κ1) is 16.9. The molecular formula is C17H22N2O4. The fourth-order valence-electron chi connectivity index (χ4n) is 2.51. The Labute approximate surface area is 135 Å². The number of hydrogen-bond acceptors (Lipinski definition) is 5. The highest BCUT2D eigenvalue weighted by atomic mass is 16.5. The summed E-state index contributed by atoms with van der Waals surface area (Å²) in [5.41, 5.74) is 0.857. The van der Waals surface area contributed by atoms with Crippen molar-refractivity contribution in [2.75, 3.05) is 19.5 Å². The summed E-state index contributed by atoms with van der Waals surface area (Å²) in [4.78, 5) is 12.7. The van der Waals surface area contributed by atoms with Crippen molar-refractivity contribution in [1.82, 2.24) is 5.16 Å². The third-order valence-electron chi connectivity index (χ3n) is 3.60. The Hall–Kier alpha value is -2.50. The Balaban J connectivity index is 2.29. The van der Waals surface area contributed by atoms with Gasteiger partial charge in [-0.05, 0) is 30.5 Å². The van der Waals surface area contributed by atoms with Gasteiger partial charge in [0.2, 0.25) is 5.91 Å². The molecule has 0 aliphatic rings. The molecule has 1 aromatic carbocycles. The number of nitrogens with zero attached hydrogens (tertiary/aromatic N) is 1. The molecule has 0 fully saturated rings. The molecule has 1 atom stereocenters. The number of nitrogens with one attached hydrogen (secondary N) is 1. The second-order valence-corrected chi connectivity index (χ2v) is 5.65. The van der Waals surface area contributed by atoms with E-state index >= 15 is 0 Å². The van der Waals surface area contributed by atoms with Crippen LogP contribution in [0.1, 0.15) is 31.1 Å². The highest BCUT2D eigenvalue weighted by Gasteiger charge is 2.26. The van der Waals surface area contributed by atoms with Crippen LogP contribution in [0, 0.1) is 12.8 Å². The lowest BCUT2D eigenvalue weighted by molar-refractivity contribution is -0.118. The first-order chi connectivity index (χ1) is 11.0. The third kappa shape index (κ3) is 3.83. The first-order valence-corrected chi connectivity index (χ1v) is 7.42. The van der Waals surface area contributed by atoms with Gasteiger partial charge in [-0.3, -0.25) is 4.79 Å². The zero-order valence-corrected chi connectivity index (χ0v) is 14.0. The number of carbonyl (C=O) groups is 1. The van der Waals surface area contributed by atoms with Gasteiger partial charge in [0.15, 0.2) is 17.3 Å². The highest BCUT2D eigenvalue weighted by molar-refractivity contribution is 5.95. The molecular weight excluding hydrogens is 296 g/mol. The lowest BCUT2D eigenvalue weighted by atomic mass is 9.87. The van der Waals surface area contributed by atoms with Crippen LogP contribution in [0.25, 0.3) is 0 Å². The lowest BCUT2D eigenvalue weighted by Gasteiger charge is -2.21. The number of aromatic nitrogens is 1. The van der Waals surface area contributed by atoms with E-state index in [0.717, 1.165) is 5.56 Å². The van der Waals surface area contributed by atoms with Crippen molar-refractivity contribution in [3.8, 4) is 11.5 Å². The van der Waals surface area contributed by atoms with E-state index < -0.39 is 0 Å². The summed E-state index contributed by atoms with van der Waals surface area (Å²) in [7, 11) is 3.15. The van der Waals surface area contributed by atoms with Crippen molar-refractivity contribution in [1.29, 1.82) is 0 Å². The number of anilines is 1. The predicted octanol–water partition coefficient (Wildman–Crippen LogP) is 3.38. The fourth-order valence-corrected chi connectivity index (χ4v) is 2.51. The van der Waals surface area contributed by atoms with Crippen LogP contribution >= 0.6 is 0 Å². The maximum Gasteiger partial charge on any atom is 0.233 e. The molecule has 1 amide bonds. The number of benzene rings is 1. The zero-order valence-electron chi connectivity index (χ0n) is 14.0. The summed E-state index contributed by atoms with van der Waals surface area (Å²) in [5, 5.41) is 6.59. The molecule has 0 aliphatic carbocycles. The van der Waals surface area contributed by atoms with Gasteiger partial charge in [0.25, 0.3) is 0 Å². The minimum Gasteiger partial charge on any atom is -0.493 e. The van der Waals surface area contributed by atoms with Gasteiger partial charge >= 0.3 is 0 Å². The van der Waals surface area contributed by atoms with Crippen LogP contribution in [0.15, 0.2) is 28.8 Å². The molecule has 1 heterocycles. The van der Waals surface area contributed by atoms with E-state index in [9.17, 15) is 4.79 Å². The van der Waals surface area contributed by atoms with Crippen LogP contribution in [0.4, 0.5) is 5.82 Å². The number of ether oxygens (including phenoxy) is 2. The quantitative estimate of drug-likeness (QED) is 0.884. The molecule has 6 nitrogen and oxygen atoms in total. The van der Waals surface area contributed by atoms with Crippen molar-refractivity contribution in [3.05, 3.63) is 35.6 Å². The van der Waals surface area contributed by atoms with E-state index in [1.807, 2.05) is 26.0 Å². The average molecular weight is 318 g/mol. The molecule has 0 bridgehead atoms. The van der Waals surface area contributed by atoms with Crippen molar-refractivity contribution in [2.45, 2.75) is 26.7 Å². The first-order valence-electron chi connectivity index (χ1n) is 7.42. The second kappa shape index (κ2) is 7.17. The molecule has 1 aromatic heterocycles. The van der Waals surface area contributed by atoms with Gasteiger partial charge in [-0.1, -0.05) is 25.1 Å². The van der Waals surface area contributed by atoms with Crippen LogP contribution in [0.5, 0.6) is 11.5 Å². The Bertz CT molecular complexity index is 679. The maximum absolute atomic E-state index is 12.7. The number of rotatable bonds is 6. The average Bonchev–Trinajstić information content (AvgIpc) is 2.91. The minimum absolute atomic E-state index is 0.0982. The number of carbonyl (C=O) groups excluding carboxylic acids is 1. The smallest absolute Gasteiger partial charge is 0.233 e. The second-order valence-electron chi connectivity index (χ2n) is 5.65. The normalized spacial score (nSPS) is 12.1. The Morgan fingerprint density at radius 1 is 1.17 bits per heavy atom. The lowest BCUT2D eigenvalue weighted by Crippen LogP contribution is -2.25. The number of hydrogen-bond donors (Lipinski definition) is 1. The van der Waals surface area contributed by atoms with E-state index in [0.29, 0.717) is 23.1 Å². The summed E-state index contributed by atoms with van der Waals surface area (Å²) in [5.74, 6) is 1.91. The van der Waals surface area contributed by atoms with Gasteiger partial charge in [-0.15, -0.1) is 0 Å². The van der Waals surface area contributed by atoms with Crippen LogP contribution < -0.4 is 14.8 Å². The highest BCUT2D eigenvalue weighted by Crippen LogP contribution is 2.34. The summed E-state index contributed by atoms with van der Waals surface area (Å²) in [6, 6.07) is 7.19. The molecule has 23 heavy (non-hydrogen) atoms. The molecule has 0 spiro atoms. The summed E-state index contributed by atoms with van der Waals surface area (Å²) in [6.45, 7) is 5.76. The molecule has 0 saturated heterocycles. The molecule has 6 heteroatoms. The molecule has 124 valence electrons. The van der Waals surface area contributed by atoms with Gasteiger partial charge in [-0.2, -0.15) is 0 Å². The van der Waals surface area contributed by atoms with Gasteiger partial charge in [0, 0.05) is 6.07 Å². The van der Waals surface area contributed by atoms with Gasteiger partial charge < -0.3 is 19.3 Å². The van der Waals surface area contributed by atoms with Crippen LogP contribution in [-0.2, 0) is 4.79 Å². The molecule has 0 aliphatic heterocycles. The Morgan fingerprint density at radius 2 is 1.87 bits per heavy atom. The van der Waals surface area contributed by atoms with Crippen LogP contribution in [0.3, 0.4) is 0 Å². The molecule has 0 radical (unpaired) electrons. The Morgan fingerprint density at radius 3 is 2.39 bits per heavy atom. The molecule has 1 unspecified atom stereocenters. The van der Waals surface area contributed by atoms with E-state index in [2.05, 4.69) is 10.5 Å². The third-order valence-corrected chi connectivity index (χ3v) is 3.60. The van der Waals surface area contributed by atoms with E-state index in [4.69, 9.17) is 14.0 Å². The monoisotopic (exact) mass is 318 g/mol. The van der Waals surface area contributed by atoms with Crippen molar-refractivity contribution in [2.24, 2.45) is 5.92 Å². The zero-order chi connectivity index (χ0) is 17.0. The van der Waals surface area contributed by atoms with Crippen LogP contribution in [0.2, 0.25) is 0 Å². The molecule has 1 N–H and O–H groups in total. The van der Waals surface area contributed by atoms with Gasteiger partial charge in [0.05, 0.1) is 20.1 Å². The van der Waals surface area contributed by atoms with E-state index in [1.54, 1.807) is 33.3 Å².